The lowest BCUT2D eigenvalue weighted by molar-refractivity contribution is 0.546. The van der Waals surface area contributed by atoms with E-state index in [4.69, 9.17) is 0 Å². The Bertz CT molecular complexity index is 589. The molecule has 0 fully saturated rings. The highest BCUT2D eigenvalue weighted by molar-refractivity contribution is 5.47. The SMILES string of the molecule is Fc1cc(F)c(NCc2cc(F)ccc2F)c(F)c1. The highest BCUT2D eigenvalue weighted by Gasteiger charge is 2.12. The first-order chi connectivity index (χ1) is 8.97. The Kier molecular flexibility index (Phi) is 3.69. The number of halogens is 5. The average Bonchev–Trinajstić information content (AvgIpc) is 2.32. The molecule has 0 aliphatic heterocycles. The lowest BCUT2D eigenvalue weighted by atomic mass is 10.2. The van der Waals surface area contributed by atoms with E-state index in [0.29, 0.717) is 12.1 Å². The molecule has 0 bridgehead atoms. The molecule has 2 aromatic rings. The maximum Gasteiger partial charge on any atom is 0.152 e. The lowest BCUT2D eigenvalue weighted by Crippen LogP contribution is -2.06. The topological polar surface area (TPSA) is 12.0 Å². The number of hydrogen-bond acceptors (Lipinski definition) is 1. The molecule has 6 heteroatoms. The molecule has 100 valence electrons. The van der Waals surface area contributed by atoms with Gasteiger partial charge in [0.25, 0.3) is 0 Å². The van der Waals surface area contributed by atoms with Gasteiger partial charge in [0.2, 0.25) is 0 Å². The van der Waals surface area contributed by atoms with Crippen LogP contribution in [0, 0.1) is 29.1 Å². The van der Waals surface area contributed by atoms with E-state index < -0.39 is 34.8 Å². The van der Waals surface area contributed by atoms with E-state index in [1.807, 2.05) is 0 Å². The van der Waals surface area contributed by atoms with E-state index >= 15 is 0 Å². The van der Waals surface area contributed by atoms with Crippen molar-refractivity contribution in [2.75, 3.05) is 5.32 Å². The fourth-order valence-corrected chi connectivity index (χ4v) is 1.57. The summed E-state index contributed by atoms with van der Waals surface area (Å²) in [5.41, 5.74) is -0.687. The largest absolute Gasteiger partial charge is 0.376 e. The quantitative estimate of drug-likeness (QED) is 0.834. The van der Waals surface area contributed by atoms with E-state index in [1.54, 1.807) is 0 Å². The molecule has 2 rings (SSSR count). The Balaban J connectivity index is 2.21. The van der Waals surface area contributed by atoms with Crippen LogP contribution in [0.25, 0.3) is 0 Å². The first kappa shape index (κ1) is 13.3. The van der Waals surface area contributed by atoms with Gasteiger partial charge < -0.3 is 5.32 Å². The zero-order valence-electron chi connectivity index (χ0n) is 9.48. The number of rotatable bonds is 3. The van der Waals surface area contributed by atoms with Crippen LogP contribution in [0.3, 0.4) is 0 Å². The minimum absolute atomic E-state index is 0.0943. The van der Waals surface area contributed by atoms with Crippen LogP contribution in [0.5, 0.6) is 0 Å². The van der Waals surface area contributed by atoms with Gasteiger partial charge in [0.05, 0.1) is 0 Å². The molecule has 0 aliphatic carbocycles. The molecule has 0 radical (unpaired) electrons. The third-order valence-corrected chi connectivity index (χ3v) is 2.47. The molecule has 19 heavy (non-hydrogen) atoms. The molecule has 0 aromatic heterocycles. The average molecular weight is 273 g/mol. The molecule has 0 unspecified atom stereocenters. The van der Waals surface area contributed by atoms with Crippen LogP contribution >= 0.6 is 0 Å². The van der Waals surface area contributed by atoms with Crippen molar-refractivity contribution >= 4 is 5.69 Å². The summed E-state index contributed by atoms with van der Waals surface area (Å²) in [6.45, 7) is -0.330. The van der Waals surface area contributed by atoms with Gasteiger partial charge in [-0.15, -0.1) is 0 Å². The third kappa shape index (κ3) is 3.01. The van der Waals surface area contributed by atoms with Crippen molar-refractivity contribution in [1.29, 1.82) is 0 Å². The van der Waals surface area contributed by atoms with Crippen LogP contribution in [0.1, 0.15) is 5.56 Å². The number of nitrogens with one attached hydrogen (secondary N) is 1. The summed E-state index contributed by atoms with van der Waals surface area (Å²) in [5.74, 6) is -4.73. The van der Waals surface area contributed by atoms with E-state index in [2.05, 4.69) is 5.32 Å². The van der Waals surface area contributed by atoms with Crippen LogP contribution in [0.15, 0.2) is 30.3 Å². The molecule has 0 saturated heterocycles. The van der Waals surface area contributed by atoms with Gasteiger partial charge in [-0.25, -0.2) is 22.0 Å². The van der Waals surface area contributed by atoms with Crippen LogP contribution in [0.2, 0.25) is 0 Å². The van der Waals surface area contributed by atoms with Gasteiger partial charge in [-0.3, -0.25) is 0 Å². The molecule has 0 heterocycles. The fourth-order valence-electron chi connectivity index (χ4n) is 1.57. The van der Waals surface area contributed by atoms with Crippen molar-refractivity contribution in [3.63, 3.8) is 0 Å². The van der Waals surface area contributed by atoms with Crippen LogP contribution in [-0.2, 0) is 6.54 Å². The molecular formula is C13H8F5N. The molecule has 2 aromatic carbocycles. The molecule has 0 amide bonds. The van der Waals surface area contributed by atoms with Crippen molar-refractivity contribution in [2.24, 2.45) is 0 Å². The lowest BCUT2D eigenvalue weighted by Gasteiger charge is -2.09. The Morgan fingerprint density at radius 2 is 1.37 bits per heavy atom. The number of hydrogen-bond donors (Lipinski definition) is 1. The third-order valence-electron chi connectivity index (χ3n) is 2.47. The summed E-state index contributed by atoms with van der Waals surface area (Å²) in [6.07, 6.45) is 0. The van der Waals surface area contributed by atoms with Crippen molar-refractivity contribution in [1.82, 2.24) is 0 Å². The molecule has 0 spiro atoms. The summed E-state index contributed by atoms with van der Waals surface area (Å²) in [4.78, 5) is 0. The monoisotopic (exact) mass is 273 g/mol. The van der Waals surface area contributed by atoms with Gasteiger partial charge in [0.15, 0.2) is 11.6 Å². The standard InChI is InChI=1S/C13H8F5N/c14-8-1-2-10(16)7(3-8)6-19-13-11(17)4-9(15)5-12(13)18/h1-5,19H,6H2. The predicted octanol–water partition coefficient (Wildman–Crippen LogP) is 3.99. The van der Waals surface area contributed by atoms with Gasteiger partial charge >= 0.3 is 0 Å². The van der Waals surface area contributed by atoms with E-state index in [1.165, 1.54) is 0 Å². The Labute approximate surface area is 105 Å². The van der Waals surface area contributed by atoms with E-state index in [-0.39, 0.29) is 12.1 Å². The fraction of sp³-hybridized carbons (Fsp3) is 0.0769. The highest BCUT2D eigenvalue weighted by Crippen LogP contribution is 2.21. The first-order valence-electron chi connectivity index (χ1n) is 5.29. The second-order valence-corrected chi connectivity index (χ2v) is 3.83. The minimum atomic E-state index is -1.14. The minimum Gasteiger partial charge on any atom is -0.376 e. The molecule has 0 aliphatic rings. The van der Waals surface area contributed by atoms with Gasteiger partial charge in [-0.1, -0.05) is 0 Å². The van der Waals surface area contributed by atoms with Crippen molar-refractivity contribution in [3.8, 4) is 0 Å². The Morgan fingerprint density at radius 1 is 0.737 bits per heavy atom. The zero-order chi connectivity index (χ0) is 14.0. The van der Waals surface area contributed by atoms with Crippen molar-refractivity contribution in [2.45, 2.75) is 6.54 Å². The summed E-state index contributed by atoms with van der Waals surface area (Å²) in [6, 6.07) is 3.73. The Morgan fingerprint density at radius 3 is 2.00 bits per heavy atom. The molecular weight excluding hydrogens is 265 g/mol. The summed E-state index contributed by atoms with van der Waals surface area (Å²) in [7, 11) is 0. The van der Waals surface area contributed by atoms with Crippen LogP contribution < -0.4 is 5.32 Å². The van der Waals surface area contributed by atoms with E-state index in [0.717, 1.165) is 18.2 Å². The second-order valence-electron chi connectivity index (χ2n) is 3.83. The first-order valence-corrected chi connectivity index (χ1v) is 5.29. The molecule has 0 saturated carbocycles. The Hall–Kier alpha value is -2.11. The molecule has 0 atom stereocenters. The molecule has 1 nitrogen and oxygen atoms in total. The van der Waals surface area contributed by atoms with Gasteiger partial charge in [0.1, 0.15) is 23.1 Å². The van der Waals surface area contributed by atoms with Gasteiger partial charge in [-0.2, -0.15) is 0 Å². The number of anilines is 1. The van der Waals surface area contributed by atoms with Crippen LogP contribution in [-0.4, -0.2) is 0 Å². The van der Waals surface area contributed by atoms with Gasteiger partial charge in [0, 0.05) is 24.2 Å². The van der Waals surface area contributed by atoms with E-state index in [9.17, 15) is 22.0 Å². The van der Waals surface area contributed by atoms with Crippen molar-refractivity contribution in [3.05, 3.63) is 65.0 Å². The number of benzene rings is 2. The van der Waals surface area contributed by atoms with Crippen molar-refractivity contribution < 1.29 is 22.0 Å². The van der Waals surface area contributed by atoms with Gasteiger partial charge in [-0.05, 0) is 18.2 Å². The van der Waals surface area contributed by atoms with Crippen LogP contribution in [0.4, 0.5) is 27.6 Å². The maximum atomic E-state index is 13.3. The molecule has 1 N–H and O–H groups in total. The maximum absolute atomic E-state index is 13.3. The highest BCUT2D eigenvalue weighted by atomic mass is 19.2. The second kappa shape index (κ2) is 5.26. The normalized spacial score (nSPS) is 10.6. The summed E-state index contributed by atoms with van der Waals surface area (Å²) in [5, 5.41) is 2.27. The predicted molar refractivity (Wildman–Crippen MR) is 60.0 cm³/mol. The smallest absolute Gasteiger partial charge is 0.152 e. The summed E-state index contributed by atoms with van der Waals surface area (Å²) >= 11 is 0. The zero-order valence-corrected chi connectivity index (χ0v) is 9.48. The summed E-state index contributed by atoms with van der Waals surface area (Å²) < 4.78 is 65.4.